The van der Waals surface area contributed by atoms with Crippen molar-refractivity contribution in [3.63, 3.8) is 0 Å². The van der Waals surface area contributed by atoms with Gasteiger partial charge in [-0.15, -0.1) is 11.3 Å². The second-order valence-corrected chi connectivity index (χ2v) is 10.3. The van der Waals surface area contributed by atoms with Crippen molar-refractivity contribution >= 4 is 21.4 Å². The Balaban J connectivity index is 1.43. The number of rotatable bonds is 6. The van der Waals surface area contributed by atoms with Crippen LogP contribution in [0.1, 0.15) is 24.6 Å². The number of aryl methyl sites for hydroxylation is 1. The fourth-order valence-electron chi connectivity index (χ4n) is 4.66. The van der Waals surface area contributed by atoms with E-state index in [4.69, 9.17) is 14.2 Å². The largest absolute Gasteiger partial charge is 0.493 e. The van der Waals surface area contributed by atoms with E-state index >= 15 is 0 Å². The summed E-state index contributed by atoms with van der Waals surface area (Å²) in [6, 6.07) is 10.7. The molecule has 2 aliphatic rings. The van der Waals surface area contributed by atoms with E-state index in [2.05, 4.69) is 30.0 Å². The zero-order chi connectivity index (χ0) is 22.8. The van der Waals surface area contributed by atoms with Gasteiger partial charge in [0.2, 0.25) is 0 Å². The standard InChI is InChI=1S/C26H32N2O4S/c1-18-16-31-11-8-28(18)14-22-13-23-25(33-22)24(15-27(2)26(23)29)20-4-3-5-21(12-20)32-17-19-6-9-30-10-7-19/h3-5,12-13,15,18-19H,6-11,14,16-17H2,1-2H3/t18-/m0/s1. The highest BCUT2D eigenvalue weighted by Crippen LogP contribution is 2.35. The van der Waals surface area contributed by atoms with Crippen LogP contribution in [0, 0.1) is 5.92 Å². The Labute approximate surface area is 198 Å². The molecule has 0 aliphatic carbocycles. The molecule has 6 nitrogen and oxygen atoms in total. The van der Waals surface area contributed by atoms with Crippen molar-refractivity contribution in [1.29, 1.82) is 0 Å². The first-order chi connectivity index (χ1) is 16.1. The normalized spacial score (nSPS) is 20.4. The lowest BCUT2D eigenvalue weighted by atomic mass is 10.0. The first kappa shape index (κ1) is 22.6. The van der Waals surface area contributed by atoms with Crippen molar-refractivity contribution in [3.8, 4) is 16.9 Å². The quantitative estimate of drug-likeness (QED) is 0.540. The van der Waals surface area contributed by atoms with Gasteiger partial charge < -0.3 is 18.8 Å². The highest BCUT2D eigenvalue weighted by molar-refractivity contribution is 7.19. The number of nitrogens with zero attached hydrogens (tertiary/aromatic N) is 2. The minimum atomic E-state index is 0.0539. The molecule has 33 heavy (non-hydrogen) atoms. The number of aromatic nitrogens is 1. The molecule has 1 aromatic carbocycles. The van der Waals surface area contributed by atoms with Crippen LogP contribution in [-0.4, -0.2) is 55.1 Å². The third-order valence-electron chi connectivity index (χ3n) is 6.74. The number of hydrogen-bond acceptors (Lipinski definition) is 6. The summed E-state index contributed by atoms with van der Waals surface area (Å²) in [5.74, 6) is 1.43. The summed E-state index contributed by atoms with van der Waals surface area (Å²) in [6.45, 7) is 7.87. The molecule has 2 aliphatic heterocycles. The number of ether oxygens (including phenoxy) is 3. The second kappa shape index (κ2) is 9.97. The average Bonchev–Trinajstić information content (AvgIpc) is 3.26. The monoisotopic (exact) mass is 468 g/mol. The van der Waals surface area contributed by atoms with Crippen molar-refractivity contribution in [2.75, 3.05) is 39.6 Å². The van der Waals surface area contributed by atoms with E-state index in [1.165, 1.54) is 4.88 Å². The summed E-state index contributed by atoms with van der Waals surface area (Å²) in [5, 5.41) is 0.796. The molecule has 2 saturated heterocycles. The molecule has 2 aromatic heterocycles. The van der Waals surface area contributed by atoms with Crippen molar-refractivity contribution < 1.29 is 14.2 Å². The van der Waals surface area contributed by atoms with E-state index in [1.54, 1.807) is 15.9 Å². The number of morpholine rings is 1. The zero-order valence-corrected chi connectivity index (χ0v) is 20.2. The number of fused-ring (bicyclic) bond motifs is 1. The summed E-state index contributed by atoms with van der Waals surface area (Å²) < 4.78 is 19.9. The molecule has 3 aromatic rings. The molecule has 0 spiro atoms. The molecule has 1 atom stereocenters. The Morgan fingerprint density at radius 3 is 2.82 bits per heavy atom. The molecule has 0 radical (unpaired) electrons. The molecular formula is C26H32N2O4S. The van der Waals surface area contributed by atoms with Crippen LogP contribution in [-0.2, 0) is 23.1 Å². The van der Waals surface area contributed by atoms with Crippen LogP contribution in [0.25, 0.3) is 21.2 Å². The van der Waals surface area contributed by atoms with Gasteiger partial charge in [0, 0.05) is 60.7 Å². The van der Waals surface area contributed by atoms with Crippen molar-refractivity contribution in [2.45, 2.75) is 32.4 Å². The minimum absolute atomic E-state index is 0.0539. The predicted molar refractivity (Wildman–Crippen MR) is 132 cm³/mol. The summed E-state index contributed by atoms with van der Waals surface area (Å²) in [6.07, 6.45) is 4.07. The van der Waals surface area contributed by atoms with E-state index < -0.39 is 0 Å². The van der Waals surface area contributed by atoms with Gasteiger partial charge in [0.15, 0.2) is 0 Å². The van der Waals surface area contributed by atoms with Crippen molar-refractivity contribution in [2.24, 2.45) is 13.0 Å². The SMILES string of the molecule is C[C@H]1COCCN1Cc1cc2c(=O)n(C)cc(-c3cccc(OCC4CCOCC4)c3)c2s1. The van der Waals surface area contributed by atoms with Gasteiger partial charge in [-0.3, -0.25) is 9.69 Å². The molecule has 0 unspecified atom stereocenters. The molecule has 2 fully saturated rings. The summed E-state index contributed by atoms with van der Waals surface area (Å²) in [7, 11) is 1.83. The summed E-state index contributed by atoms with van der Waals surface area (Å²) in [5.41, 5.74) is 2.21. The first-order valence-electron chi connectivity index (χ1n) is 11.8. The van der Waals surface area contributed by atoms with Gasteiger partial charge in [0.25, 0.3) is 5.56 Å². The van der Waals surface area contributed by atoms with Gasteiger partial charge in [0.1, 0.15) is 5.75 Å². The summed E-state index contributed by atoms with van der Waals surface area (Å²) >= 11 is 1.73. The van der Waals surface area contributed by atoms with Gasteiger partial charge in [-0.05, 0) is 49.4 Å². The Morgan fingerprint density at radius 1 is 1.15 bits per heavy atom. The number of benzene rings is 1. The van der Waals surface area contributed by atoms with Crippen LogP contribution in [0.4, 0.5) is 0 Å². The number of pyridine rings is 1. The predicted octanol–water partition coefficient (Wildman–Crippen LogP) is 4.29. The highest BCUT2D eigenvalue weighted by atomic mass is 32.1. The minimum Gasteiger partial charge on any atom is -0.493 e. The van der Waals surface area contributed by atoms with Crippen LogP contribution in [0.3, 0.4) is 0 Å². The molecule has 7 heteroatoms. The van der Waals surface area contributed by atoms with Gasteiger partial charge in [-0.1, -0.05) is 12.1 Å². The molecule has 4 heterocycles. The lowest BCUT2D eigenvalue weighted by molar-refractivity contribution is -0.00390. The van der Waals surface area contributed by atoms with Crippen LogP contribution in [0.15, 0.2) is 41.3 Å². The Morgan fingerprint density at radius 2 is 2.00 bits per heavy atom. The molecule has 5 rings (SSSR count). The van der Waals surface area contributed by atoms with Crippen molar-refractivity contribution in [3.05, 3.63) is 51.8 Å². The highest BCUT2D eigenvalue weighted by Gasteiger charge is 2.21. The third kappa shape index (κ3) is 5.01. The maximum Gasteiger partial charge on any atom is 0.259 e. The van der Waals surface area contributed by atoms with Gasteiger partial charge in [-0.25, -0.2) is 0 Å². The maximum atomic E-state index is 12.9. The van der Waals surface area contributed by atoms with Crippen LogP contribution in [0.5, 0.6) is 5.75 Å². The smallest absolute Gasteiger partial charge is 0.259 e. The fraction of sp³-hybridized carbons (Fsp3) is 0.500. The van der Waals surface area contributed by atoms with Gasteiger partial charge in [0.05, 0.1) is 25.2 Å². The lowest BCUT2D eigenvalue weighted by Gasteiger charge is -2.32. The van der Waals surface area contributed by atoms with Gasteiger partial charge in [-0.2, -0.15) is 0 Å². The molecule has 0 bridgehead atoms. The fourth-order valence-corrected chi connectivity index (χ4v) is 5.87. The van der Waals surface area contributed by atoms with E-state index in [0.717, 1.165) is 85.9 Å². The average molecular weight is 469 g/mol. The maximum absolute atomic E-state index is 12.9. The Hall–Kier alpha value is -2.19. The zero-order valence-electron chi connectivity index (χ0n) is 19.4. The molecule has 0 N–H and O–H groups in total. The number of hydrogen-bond donors (Lipinski definition) is 0. The van der Waals surface area contributed by atoms with E-state index in [9.17, 15) is 4.79 Å². The van der Waals surface area contributed by atoms with Crippen LogP contribution >= 0.6 is 11.3 Å². The van der Waals surface area contributed by atoms with Crippen LogP contribution in [0.2, 0.25) is 0 Å². The second-order valence-electron chi connectivity index (χ2n) is 9.20. The van der Waals surface area contributed by atoms with Gasteiger partial charge >= 0.3 is 0 Å². The van der Waals surface area contributed by atoms with Crippen molar-refractivity contribution in [1.82, 2.24) is 9.47 Å². The Kier molecular flexibility index (Phi) is 6.83. The van der Waals surface area contributed by atoms with Crippen LogP contribution < -0.4 is 10.3 Å². The molecule has 0 amide bonds. The third-order valence-corrected chi connectivity index (χ3v) is 7.89. The Bertz CT molecular complexity index is 1160. The lowest BCUT2D eigenvalue weighted by Crippen LogP contribution is -2.42. The van der Waals surface area contributed by atoms with E-state index in [1.807, 2.05) is 25.4 Å². The molecule has 176 valence electrons. The molecule has 0 saturated carbocycles. The van der Waals surface area contributed by atoms with E-state index in [-0.39, 0.29) is 5.56 Å². The topological polar surface area (TPSA) is 52.9 Å². The summed E-state index contributed by atoms with van der Waals surface area (Å²) in [4.78, 5) is 16.6. The number of thiophene rings is 1. The molecular weight excluding hydrogens is 436 g/mol. The first-order valence-corrected chi connectivity index (χ1v) is 12.6. The van der Waals surface area contributed by atoms with E-state index in [0.29, 0.717) is 12.0 Å².